The van der Waals surface area contributed by atoms with Crippen LogP contribution < -0.4 is 16.0 Å². The Bertz CT molecular complexity index is 6280. The number of thiazole rings is 4. The van der Waals surface area contributed by atoms with Gasteiger partial charge >= 0.3 is 0 Å². The zero-order valence-corrected chi connectivity index (χ0v) is 88.6. The quantitative estimate of drug-likeness (QED) is 0.0425. The molecule has 6 saturated heterocycles. The monoisotopic (exact) mass is 2030 g/mol. The van der Waals surface area contributed by atoms with Crippen molar-refractivity contribution >= 4 is 167 Å². The van der Waals surface area contributed by atoms with Crippen LogP contribution >= 0.6 is 92.4 Å². The summed E-state index contributed by atoms with van der Waals surface area (Å²) >= 11 is 13.7. The molecule has 140 heavy (non-hydrogen) atoms. The van der Waals surface area contributed by atoms with Crippen molar-refractivity contribution in [2.24, 2.45) is 57.7 Å². The highest BCUT2D eigenvalue weighted by molar-refractivity contribution is 7.99. The molecule has 0 radical (unpaired) electrons. The fourth-order valence-electron chi connectivity index (χ4n) is 23.7. The van der Waals surface area contributed by atoms with Gasteiger partial charge in [0, 0.05) is 238 Å². The molecule has 24 nitrogen and oxygen atoms in total. The number of hydrogen-bond donors (Lipinski definition) is 3. The minimum atomic E-state index is 0.137. The molecule has 11 fully saturated rings. The lowest BCUT2D eigenvalue weighted by atomic mass is 9.63. The second-order valence-electron chi connectivity index (χ2n) is 42.2. The van der Waals surface area contributed by atoms with Gasteiger partial charge in [-0.15, -0.1) is 69.7 Å². The van der Waals surface area contributed by atoms with Crippen LogP contribution in [0.15, 0.2) is 149 Å². The Morgan fingerprint density at radius 1 is 0.436 bits per heavy atom. The summed E-state index contributed by atoms with van der Waals surface area (Å²) in [4.78, 5) is 110. The topological polar surface area (TPSA) is 267 Å². The van der Waals surface area contributed by atoms with Crippen LogP contribution in [0.2, 0.25) is 0 Å². The maximum atomic E-state index is 13.2. The molecule has 0 unspecified atom stereocenters. The van der Waals surface area contributed by atoms with Crippen molar-refractivity contribution in [2.75, 3.05) is 128 Å². The predicted molar refractivity (Wildman–Crippen MR) is 575 cm³/mol. The number of aromatic nitrogens is 12. The van der Waals surface area contributed by atoms with Crippen LogP contribution in [0.1, 0.15) is 212 Å². The minimum absolute atomic E-state index is 0.137. The number of carbonyl (C=O) groups excluding carboxylic acids is 3. The van der Waals surface area contributed by atoms with Crippen molar-refractivity contribution in [1.29, 1.82) is 0 Å². The van der Waals surface area contributed by atoms with Gasteiger partial charge in [-0.1, -0.05) is 48.7 Å². The van der Waals surface area contributed by atoms with Gasteiger partial charge in [0.2, 0.25) is 0 Å². The van der Waals surface area contributed by atoms with Crippen LogP contribution in [0.25, 0.3) is 46.6 Å². The zero-order chi connectivity index (χ0) is 96.0. The van der Waals surface area contributed by atoms with Gasteiger partial charge < -0.3 is 45.2 Å². The molecular formula is C108H134N20O4S8. The van der Waals surface area contributed by atoms with Crippen LogP contribution in [0.4, 0.5) is 10.3 Å². The molecule has 3 amide bonds. The lowest BCUT2D eigenvalue weighted by Gasteiger charge is -2.52. The number of rotatable bonds is 26. The number of fused-ring (bicyclic) bond motifs is 5. The third-order valence-electron chi connectivity index (χ3n) is 32.4. The Labute approximate surface area is 857 Å². The van der Waals surface area contributed by atoms with Gasteiger partial charge in [-0.25, -0.2) is 59.8 Å². The molecule has 5 saturated carbocycles. The summed E-state index contributed by atoms with van der Waals surface area (Å²) in [5.74, 6) is 8.98. The summed E-state index contributed by atoms with van der Waals surface area (Å²) < 4.78 is 10.1. The summed E-state index contributed by atoms with van der Waals surface area (Å²) in [5, 5.41) is 15.3. The number of hydrogen-bond acceptors (Lipinski definition) is 29. The van der Waals surface area contributed by atoms with Crippen molar-refractivity contribution in [3.8, 4) is 0 Å². The van der Waals surface area contributed by atoms with Gasteiger partial charge in [0.05, 0.1) is 50.9 Å². The zero-order valence-electron chi connectivity index (χ0n) is 82.1. The van der Waals surface area contributed by atoms with E-state index in [-0.39, 0.29) is 17.7 Å². The third-order valence-corrected chi connectivity index (χ3v) is 39.1. The molecule has 2 spiro atoms. The number of benzene rings is 4. The summed E-state index contributed by atoms with van der Waals surface area (Å²) in [6, 6.07) is 26.2. The molecule has 6 aliphatic heterocycles. The number of piperidine rings is 2. The van der Waals surface area contributed by atoms with Crippen LogP contribution in [0.5, 0.6) is 0 Å². The highest BCUT2D eigenvalue weighted by atomic mass is 32.2. The highest BCUT2D eigenvalue weighted by Gasteiger charge is 2.48. The van der Waals surface area contributed by atoms with Crippen LogP contribution in [0, 0.1) is 57.7 Å². The molecule has 8 aromatic heterocycles. The number of amides is 3. The second-order valence-corrected chi connectivity index (χ2v) is 50.0. The number of ether oxygens (including phenoxy) is 1. The first-order chi connectivity index (χ1) is 68.1. The Morgan fingerprint density at radius 2 is 0.814 bits per heavy atom. The van der Waals surface area contributed by atoms with Gasteiger partial charge in [0.15, 0.2) is 10.3 Å². The van der Waals surface area contributed by atoms with Crippen LogP contribution in [0.3, 0.4) is 0 Å². The van der Waals surface area contributed by atoms with Crippen molar-refractivity contribution in [3.05, 3.63) is 185 Å². The Balaban J connectivity index is 0.000000115. The summed E-state index contributed by atoms with van der Waals surface area (Å²) in [5.41, 5.74) is 10.1. The molecular weight excluding hydrogens is 1900 g/mol. The van der Waals surface area contributed by atoms with E-state index in [9.17, 15) is 14.4 Å². The standard InChI is InChI=1S/C28H34N4OS2.C27H34N6S2.C27H32N4O2S2.C26H34N6OS2/c1-34-22-17-29-25(30-18-22)14-19-3-4-20(13-19)15-26-31-23-6-5-21(16-24(23)35-26)27(33)32-11-9-28(10-12-32)7-2-8-28;1-17(33-14-20-11-28-15-27(20,2)16-33)19-5-7-23-24(10-19)35-26(32-23)31-21-6-4-18(8-21)9-25-29-12-22(34-3)13-30-25;1-34-21-14-28-24(29-15-21)11-18-2-3-19(10-18)12-25-30-22-5-4-20(13-23(22)35-25)26(32)31-16-27(17-31)6-8-33-9-7-27;1-31(2)20-8-10-32(11-9-20)25(33)18-5-7-22-23(14-18)35-26(30-22)29-19-6-4-17(12-19)13-24-27-15-21(34-3)16-28-24/h5-6,16-20H,2-4,7-15H2,1H3;5,7,10,12-13,18,20-21,28H,1,4,6,8-9,11,14-16H2,2-3H3,(H,31,32);4-5,13-15,18-19H,2-3,6-12,16-17H2,1H3;5,7,14-17,19-20H,4,6,8-13H2,1-3H3,(H,29,30)/t19-,20-;18-,20-,21-,27+;18-,19-;17-,19-/m0000/s1. The van der Waals surface area contributed by atoms with E-state index in [0.717, 1.165) is 280 Å². The summed E-state index contributed by atoms with van der Waals surface area (Å²) in [6.07, 6.45) is 54.7. The molecule has 32 heteroatoms. The molecule has 4 aromatic carbocycles. The fourth-order valence-corrected chi connectivity index (χ4v) is 29.2. The smallest absolute Gasteiger partial charge is 0.253 e. The predicted octanol–water partition coefficient (Wildman–Crippen LogP) is 21.6. The average Bonchev–Trinajstić information content (AvgIpc) is 1.56. The van der Waals surface area contributed by atoms with E-state index in [1.807, 2.05) is 108 Å². The molecule has 0 bridgehead atoms. The Morgan fingerprint density at radius 3 is 1.22 bits per heavy atom. The normalized spacial score (nSPS) is 24.1. The molecule has 738 valence electrons. The molecule has 10 atom stereocenters. The first-order valence-electron chi connectivity index (χ1n) is 51.0. The summed E-state index contributed by atoms with van der Waals surface area (Å²) in [7, 11) is 4.24. The van der Waals surface area contributed by atoms with E-state index in [2.05, 4.69) is 147 Å². The average molecular weight is 2030 g/mol. The SMILES string of the molecule is C=C(c1ccc2nc(N[C@H]3CC[C@H](Cc4ncc(SC)cn4)C3)sc2c1)N1C[C@@H]2CNC[C@]2(C)C1.CSc1cnc(C[C@H]2CC[C@H](Cc3nc4ccc(C(=O)N5CC6(CCOCC6)C5)cc4s3)C2)nc1.CSc1cnc(C[C@H]2CC[C@H](Cc3nc4ccc(C(=O)N5CCC6(CCC6)CC5)cc4s3)C2)nc1.CSc1cnc(C[C@H]2CC[C@H](Nc3nc4ccc(C(=O)N5CCC(N(C)C)CC5)cc4s3)C2)nc1. The lowest BCUT2D eigenvalue weighted by molar-refractivity contribution is -0.0666. The van der Waals surface area contributed by atoms with E-state index in [1.165, 1.54) is 110 Å². The van der Waals surface area contributed by atoms with Gasteiger partial charge in [0.25, 0.3) is 17.7 Å². The highest BCUT2D eigenvalue weighted by Crippen LogP contribution is 2.50. The maximum Gasteiger partial charge on any atom is 0.253 e. The lowest BCUT2D eigenvalue weighted by Crippen LogP contribution is -2.60. The van der Waals surface area contributed by atoms with Crippen LogP contribution in [-0.4, -0.2) is 238 Å². The van der Waals surface area contributed by atoms with Gasteiger partial charge in [-0.05, 0) is 287 Å². The fraction of sp³-hybridized carbons (Fsp3) is 0.546. The molecule has 11 aliphatic rings. The number of carbonyl (C=O) groups is 3. The van der Waals surface area contributed by atoms with Crippen molar-refractivity contribution in [1.82, 2.24) is 89.6 Å². The largest absolute Gasteiger partial charge is 0.381 e. The second kappa shape index (κ2) is 44.7. The first-order valence-corrected chi connectivity index (χ1v) is 59.1. The molecule has 5 aliphatic carbocycles. The Kier molecular flexibility index (Phi) is 31.6. The van der Waals surface area contributed by atoms with E-state index in [1.54, 1.807) is 92.4 Å². The number of nitrogens with one attached hydrogen (secondary N) is 3. The summed E-state index contributed by atoms with van der Waals surface area (Å²) in [6.45, 7) is 18.2. The third kappa shape index (κ3) is 23.9. The van der Waals surface area contributed by atoms with E-state index >= 15 is 0 Å². The number of thioether (sulfide) groups is 4. The molecule has 23 rings (SSSR count). The van der Waals surface area contributed by atoms with E-state index in [0.29, 0.717) is 69.9 Å². The number of nitrogens with zero attached hydrogens (tertiary/aromatic N) is 17. The Hall–Kier alpha value is -8.41. The van der Waals surface area contributed by atoms with Crippen molar-refractivity contribution in [3.63, 3.8) is 0 Å². The molecule has 12 aromatic rings. The van der Waals surface area contributed by atoms with Gasteiger partial charge in [-0.3, -0.25) is 14.4 Å². The number of anilines is 2. The molecule has 3 N–H and O–H groups in total. The molecule has 14 heterocycles. The van der Waals surface area contributed by atoms with E-state index in [4.69, 9.17) is 24.7 Å². The minimum Gasteiger partial charge on any atom is -0.381 e. The van der Waals surface area contributed by atoms with Gasteiger partial charge in [-0.2, -0.15) is 0 Å². The maximum absolute atomic E-state index is 13.2. The van der Waals surface area contributed by atoms with Crippen LogP contribution in [-0.2, 0) is 43.3 Å². The van der Waals surface area contributed by atoms with Crippen molar-refractivity contribution < 1.29 is 19.1 Å². The first kappa shape index (κ1) is 99.0. The van der Waals surface area contributed by atoms with Crippen molar-refractivity contribution in [2.45, 2.75) is 218 Å². The van der Waals surface area contributed by atoms with Gasteiger partial charge in [0.1, 0.15) is 23.3 Å². The van der Waals surface area contributed by atoms with E-state index < -0.39 is 0 Å². The number of likely N-dealkylation sites (tertiary alicyclic amines) is 4.